The van der Waals surface area contributed by atoms with Crippen LogP contribution in [-0.2, 0) is 0 Å². The molecule has 2 unspecified atom stereocenters. The molecule has 16 heavy (non-hydrogen) atoms. The van der Waals surface area contributed by atoms with Crippen molar-refractivity contribution in [1.29, 1.82) is 0 Å². The molecule has 2 heteroatoms. The molecule has 1 rings (SSSR count). The van der Waals surface area contributed by atoms with Crippen molar-refractivity contribution in [2.24, 2.45) is 5.92 Å². The number of benzene rings is 1. The molecule has 0 aliphatic rings. The Hall–Kier alpha value is -0.340. The maximum Gasteiger partial charge on any atom is 0.0320 e. The van der Waals surface area contributed by atoms with Crippen molar-refractivity contribution in [3.05, 3.63) is 33.8 Å². The van der Waals surface area contributed by atoms with E-state index in [-0.39, 0.29) is 0 Å². The highest BCUT2D eigenvalue weighted by atomic mass is 79.9. The molecule has 0 heterocycles. The summed E-state index contributed by atoms with van der Waals surface area (Å²) in [7, 11) is 2.04. The Morgan fingerprint density at radius 3 is 2.56 bits per heavy atom. The lowest BCUT2D eigenvalue weighted by molar-refractivity contribution is 0.422. The van der Waals surface area contributed by atoms with E-state index in [9.17, 15) is 0 Å². The van der Waals surface area contributed by atoms with Gasteiger partial charge in [0.1, 0.15) is 0 Å². The minimum absolute atomic E-state index is 0.465. The summed E-state index contributed by atoms with van der Waals surface area (Å²) in [5.74, 6) is 0.762. The average Bonchev–Trinajstić information content (AvgIpc) is 2.29. The third-order valence-electron chi connectivity index (χ3n) is 3.28. The Morgan fingerprint density at radius 1 is 1.38 bits per heavy atom. The predicted molar refractivity (Wildman–Crippen MR) is 74.8 cm³/mol. The summed E-state index contributed by atoms with van der Waals surface area (Å²) >= 11 is 3.60. The van der Waals surface area contributed by atoms with Gasteiger partial charge in [-0.05, 0) is 43.5 Å². The molecule has 0 aromatic heterocycles. The zero-order chi connectivity index (χ0) is 12.1. The van der Waals surface area contributed by atoms with Crippen LogP contribution >= 0.6 is 15.9 Å². The number of rotatable bonds is 5. The van der Waals surface area contributed by atoms with Crippen LogP contribution in [0.4, 0.5) is 0 Å². The summed E-state index contributed by atoms with van der Waals surface area (Å²) in [6, 6.07) is 7.11. The first-order valence-electron chi connectivity index (χ1n) is 6.01. The third-order valence-corrected chi connectivity index (χ3v) is 4.14. The molecule has 90 valence electrons. The van der Waals surface area contributed by atoms with Crippen molar-refractivity contribution in [1.82, 2.24) is 5.32 Å². The fourth-order valence-corrected chi connectivity index (χ4v) is 2.21. The van der Waals surface area contributed by atoms with Gasteiger partial charge in [-0.15, -0.1) is 0 Å². The largest absolute Gasteiger partial charge is 0.313 e. The van der Waals surface area contributed by atoms with Crippen LogP contribution in [0.15, 0.2) is 22.7 Å². The van der Waals surface area contributed by atoms with Crippen LogP contribution in [0, 0.1) is 12.8 Å². The van der Waals surface area contributed by atoms with Crippen molar-refractivity contribution in [3.8, 4) is 0 Å². The lowest BCUT2D eigenvalue weighted by Gasteiger charge is -2.20. The molecule has 0 saturated carbocycles. The molecular weight excluding hydrogens is 262 g/mol. The Kier molecular flexibility index (Phi) is 5.50. The standard InChI is InChI=1S/C14H22BrN/c1-5-10(2)8-14(16-4)12-7-6-11(3)13(15)9-12/h6-7,9-10,14,16H,5,8H2,1-4H3. The zero-order valence-electron chi connectivity index (χ0n) is 10.7. The highest BCUT2D eigenvalue weighted by Gasteiger charge is 2.13. The van der Waals surface area contributed by atoms with Crippen LogP contribution in [0.5, 0.6) is 0 Å². The molecule has 1 aromatic carbocycles. The lowest BCUT2D eigenvalue weighted by atomic mass is 9.94. The zero-order valence-corrected chi connectivity index (χ0v) is 12.3. The SMILES string of the molecule is CCC(C)CC(NC)c1ccc(C)c(Br)c1. The molecule has 1 N–H and O–H groups in total. The summed E-state index contributed by atoms with van der Waals surface area (Å²) < 4.78 is 1.20. The Labute approximate surface area is 108 Å². The van der Waals surface area contributed by atoms with Crippen LogP contribution < -0.4 is 5.32 Å². The summed E-state index contributed by atoms with van der Waals surface area (Å²) in [6.07, 6.45) is 2.44. The van der Waals surface area contributed by atoms with E-state index < -0.39 is 0 Å². The quantitative estimate of drug-likeness (QED) is 0.842. The van der Waals surface area contributed by atoms with Crippen LogP contribution in [0.1, 0.15) is 43.9 Å². The van der Waals surface area contributed by atoms with E-state index in [0.717, 1.165) is 5.92 Å². The van der Waals surface area contributed by atoms with E-state index in [1.54, 1.807) is 0 Å². The van der Waals surface area contributed by atoms with Gasteiger partial charge in [-0.25, -0.2) is 0 Å². The molecule has 1 nitrogen and oxygen atoms in total. The molecule has 0 amide bonds. The van der Waals surface area contributed by atoms with E-state index >= 15 is 0 Å². The number of nitrogens with one attached hydrogen (secondary N) is 1. The van der Waals surface area contributed by atoms with Gasteiger partial charge in [-0.3, -0.25) is 0 Å². The van der Waals surface area contributed by atoms with Gasteiger partial charge in [-0.2, -0.15) is 0 Å². The number of aryl methyl sites for hydroxylation is 1. The molecule has 2 atom stereocenters. The van der Waals surface area contributed by atoms with Crippen molar-refractivity contribution in [3.63, 3.8) is 0 Å². The number of hydrogen-bond donors (Lipinski definition) is 1. The molecule has 0 aliphatic carbocycles. The van der Waals surface area contributed by atoms with E-state index in [1.165, 1.54) is 28.4 Å². The van der Waals surface area contributed by atoms with Gasteiger partial charge >= 0.3 is 0 Å². The first-order chi connectivity index (χ1) is 7.58. The summed E-state index contributed by atoms with van der Waals surface area (Å²) in [4.78, 5) is 0. The number of halogens is 1. The average molecular weight is 284 g/mol. The summed E-state index contributed by atoms with van der Waals surface area (Å²) in [6.45, 7) is 6.69. The second-order valence-electron chi connectivity index (χ2n) is 4.60. The van der Waals surface area contributed by atoms with E-state index in [1.807, 2.05) is 7.05 Å². The predicted octanol–water partition coefficient (Wildman–Crippen LogP) is 4.45. The summed E-state index contributed by atoms with van der Waals surface area (Å²) in [5.41, 5.74) is 2.67. The Balaban J connectivity index is 2.82. The Morgan fingerprint density at radius 2 is 2.06 bits per heavy atom. The maximum absolute atomic E-state index is 3.60. The van der Waals surface area contributed by atoms with Crippen LogP contribution in [0.3, 0.4) is 0 Å². The fourth-order valence-electron chi connectivity index (χ4n) is 1.82. The highest BCUT2D eigenvalue weighted by Crippen LogP contribution is 2.26. The monoisotopic (exact) mass is 283 g/mol. The fraction of sp³-hybridized carbons (Fsp3) is 0.571. The Bertz CT molecular complexity index is 336. The van der Waals surface area contributed by atoms with E-state index in [4.69, 9.17) is 0 Å². The topological polar surface area (TPSA) is 12.0 Å². The molecular formula is C14H22BrN. The summed E-state index contributed by atoms with van der Waals surface area (Å²) in [5, 5.41) is 3.41. The van der Waals surface area contributed by atoms with Crippen LogP contribution in [0.25, 0.3) is 0 Å². The second-order valence-corrected chi connectivity index (χ2v) is 5.45. The van der Waals surface area contributed by atoms with Gasteiger partial charge in [0.2, 0.25) is 0 Å². The number of hydrogen-bond acceptors (Lipinski definition) is 1. The molecule has 0 spiro atoms. The second kappa shape index (κ2) is 6.41. The normalized spacial score (nSPS) is 14.8. The first kappa shape index (κ1) is 13.7. The first-order valence-corrected chi connectivity index (χ1v) is 6.81. The van der Waals surface area contributed by atoms with Crippen LogP contribution in [0.2, 0.25) is 0 Å². The van der Waals surface area contributed by atoms with E-state index in [2.05, 4.69) is 60.2 Å². The molecule has 0 saturated heterocycles. The van der Waals surface area contributed by atoms with Gasteiger partial charge in [0, 0.05) is 10.5 Å². The maximum atomic E-state index is 3.60. The molecule has 1 aromatic rings. The van der Waals surface area contributed by atoms with Crippen molar-refractivity contribution >= 4 is 15.9 Å². The van der Waals surface area contributed by atoms with Gasteiger partial charge in [0.15, 0.2) is 0 Å². The smallest absolute Gasteiger partial charge is 0.0320 e. The van der Waals surface area contributed by atoms with Gasteiger partial charge in [-0.1, -0.05) is 48.3 Å². The van der Waals surface area contributed by atoms with E-state index in [0.29, 0.717) is 6.04 Å². The van der Waals surface area contributed by atoms with Crippen molar-refractivity contribution in [2.45, 2.75) is 39.7 Å². The van der Waals surface area contributed by atoms with Gasteiger partial charge in [0.25, 0.3) is 0 Å². The third kappa shape index (κ3) is 3.60. The van der Waals surface area contributed by atoms with Crippen molar-refractivity contribution < 1.29 is 0 Å². The van der Waals surface area contributed by atoms with Crippen molar-refractivity contribution in [2.75, 3.05) is 7.05 Å². The minimum atomic E-state index is 0.465. The van der Waals surface area contributed by atoms with Gasteiger partial charge in [0.05, 0.1) is 0 Å². The molecule has 0 bridgehead atoms. The molecule has 0 radical (unpaired) electrons. The van der Waals surface area contributed by atoms with Gasteiger partial charge < -0.3 is 5.32 Å². The molecule has 0 fully saturated rings. The minimum Gasteiger partial charge on any atom is -0.313 e. The lowest BCUT2D eigenvalue weighted by Crippen LogP contribution is -2.19. The molecule has 0 aliphatic heterocycles. The highest BCUT2D eigenvalue weighted by molar-refractivity contribution is 9.10. The van der Waals surface area contributed by atoms with Crippen LogP contribution in [-0.4, -0.2) is 7.05 Å².